The van der Waals surface area contributed by atoms with Crippen LogP contribution < -0.4 is 16.0 Å². The van der Waals surface area contributed by atoms with Crippen LogP contribution in [0.2, 0.25) is 0 Å². The second-order valence-corrected chi connectivity index (χ2v) is 6.35. The van der Waals surface area contributed by atoms with E-state index < -0.39 is 0 Å². The van der Waals surface area contributed by atoms with E-state index in [-0.39, 0.29) is 18.4 Å². The molecule has 0 aliphatic rings. The Labute approximate surface area is 148 Å². The van der Waals surface area contributed by atoms with Gasteiger partial charge in [-0.2, -0.15) is 0 Å². The van der Waals surface area contributed by atoms with Crippen LogP contribution in [-0.4, -0.2) is 18.4 Å². The molecule has 0 saturated carbocycles. The predicted molar refractivity (Wildman–Crippen MR) is 103 cm³/mol. The number of anilines is 3. The molecule has 0 fully saturated rings. The lowest BCUT2D eigenvalue weighted by atomic mass is 9.98. The number of amides is 2. The van der Waals surface area contributed by atoms with E-state index in [0.717, 1.165) is 11.3 Å². The minimum absolute atomic E-state index is 0.120. The lowest BCUT2D eigenvalue weighted by molar-refractivity contribution is -0.115. The third-order valence-electron chi connectivity index (χ3n) is 3.84. The van der Waals surface area contributed by atoms with Crippen molar-refractivity contribution in [3.8, 4) is 0 Å². The van der Waals surface area contributed by atoms with Gasteiger partial charge in [0.2, 0.25) is 11.8 Å². The Balaban J connectivity index is 1.96. The number of rotatable bonds is 6. The van der Waals surface area contributed by atoms with Crippen LogP contribution >= 0.6 is 0 Å². The molecule has 0 atom stereocenters. The summed E-state index contributed by atoms with van der Waals surface area (Å²) in [6.45, 7) is 7.95. The summed E-state index contributed by atoms with van der Waals surface area (Å²) in [5.74, 6) is 0.136. The standard InChI is InChI=1S/C20H25N3O2/c1-13(2)18-7-5-6-14(3)20(18)21-12-19(25)23-17-10-8-16(9-11-17)22-15(4)24/h5-11,13,21H,12H2,1-4H3,(H,22,24)(H,23,25). The largest absolute Gasteiger partial charge is 0.376 e. The highest BCUT2D eigenvalue weighted by molar-refractivity contribution is 5.94. The van der Waals surface area contributed by atoms with Gasteiger partial charge in [0.05, 0.1) is 6.54 Å². The van der Waals surface area contributed by atoms with E-state index in [1.807, 2.05) is 19.1 Å². The van der Waals surface area contributed by atoms with Crippen LogP contribution in [0.4, 0.5) is 17.1 Å². The minimum atomic E-state index is -0.125. The highest BCUT2D eigenvalue weighted by Gasteiger charge is 2.10. The summed E-state index contributed by atoms with van der Waals surface area (Å²) in [4.78, 5) is 23.2. The van der Waals surface area contributed by atoms with Gasteiger partial charge in [-0.1, -0.05) is 32.0 Å². The topological polar surface area (TPSA) is 70.2 Å². The normalized spacial score (nSPS) is 10.4. The zero-order valence-corrected chi connectivity index (χ0v) is 15.1. The molecule has 5 nitrogen and oxygen atoms in total. The summed E-state index contributed by atoms with van der Waals surface area (Å²) in [5.41, 5.74) is 4.74. The third-order valence-corrected chi connectivity index (χ3v) is 3.84. The number of aryl methyl sites for hydroxylation is 1. The molecule has 25 heavy (non-hydrogen) atoms. The Bertz CT molecular complexity index is 752. The van der Waals surface area contributed by atoms with Gasteiger partial charge in [0.15, 0.2) is 0 Å². The van der Waals surface area contributed by atoms with Crippen LogP contribution in [0.25, 0.3) is 0 Å². The van der Waals surface area contributed by atoms with Crippen molar-refractivity contribution in [1.29, 1.82) is 0 Å². The molecule has 0 aliphatic heterocycles. The minimum Gasteiger partial charge on any atom is -0.376 e. The van der Waals surface area contributed by atoms with Gasteiger partial charge in [-0.25, -0.2) is 0 Å². The van der Waals surface area contributed by atoms with Gasteiger partial charge in [-0.3, -0.25) is 9.59 Å². The van der Waals surface area contributed by atoms with E-state index in [0.29, 0.717) is 17.3 Å². The van der Waals surface area contributed by atoms with E-state index in [1.165, 1.54) is 12.5 Å². The maximum atomic E-state index is 12.2. The second kappa shape index (κ2) is 8.33. The van der Waals surface area contributed by atoms with Crippen molar-refractivity contribution in [2.75, 3.05) is 22.5 Å². The summed E-state index contributed by atoms with van der Waals surface area (Å²) >= 11 is 0. The highest BCUT2D eigenvalue weighted by atomic mass is 16.2. The monoisotopic (exact) mass is 339 g/mol. The van der Waals surface area contributed by atoms with Crippen molar-refractivity contribution < 1.29 is 9.59 Å². The summed E-state index contributed by atoms with van der Waals surface area (Å²) in [6.07, 6.45) is 0. The molecule has 5 heteroatoms. The molecule has 0 aromatic heterocycles. The molecular weight excluding hydrogens is 314 g/mol. The zero-order valence-electron chi connectivity index (χ0n) is 15.1. The first-order valence-electron chi connectivity index (χ1n) is 8.37. The molecule has 2 aromatic rings. The van der Waals surface area contributed by atoms with Gasteiger partial charge in [0.25, 0.3) is 0 Å². The third kappa shape index (κ3) is 5.35. The average molecular weight is 339 g/mol. The molecule has 132 valence electrons. The number of carbonyl (C=O) groups is 2. The van der Waals surface area contributed by atoms with Gasteiger partial charge in [0, 0.05) is 24.0 Å². The fourth-order valence-corrected chi connectivity index (χ4v) is 2.63. The summed E-state index contributed by atoms with van der Waals surface area (Å²) in [6, 6.07) is 13.2. The van der Waals surface area contributed by atoms with Gasteiger partial charge in [-0.15, -0.1) is 0 Å². The van der Waals surface area contributed by atoms with Gasteiger partial charge >= 0.3 is 0 Å². The smallest absolute Gasteiger partial charge is 0.243 e. The van der Waals surface area contributed by atoms with E-state index in [1.54, 1.807) is 24.3 Å². The molecular formula is C20H25N3O2. The predicted octanol–water partition coefficient (Wildman–Crippen LogP) is 4.13. The van der Waals surface area contributed by atoms with Gasteiger partial charge in [0.1, 0.15) is 0 Å². The van der Waals surface area contributed by atoms with Crippen LogP contribution in [0.15, 0.2) is 42.5 Å². The van der Waals surface area contributed by atoms with Crippen molar-refractivity contribution in [1.82, 2.24) is 0 Å². The molecule has 0 unspecified atom stereocenters. The van der Waals surface area contributed by atoms with Crippen molar-refractivity contribution >= 4 is 28.9 Å². The average Bonchev–Trinajstić information content (AvgIpc) is 2.54. The van der Waals surface area contributed by atoms with Crippen molar-refractivity contribution in [3.63, 3.8) is 0 Å². The van der Waals surface area contributed by atoms with Crippen LogP contribution in [-0.2, 0) is 9.59 Å². The molecule has 0 bridgehead atoms. The van der Waals surface area contributed by atoms with Crippen LogP contribution in [0.1, 0.15) is 37.8 Å². The molecule has 3 N–H and O–H groups in total. The van der Waals surface area contributed by atoms with E-state index in [9.17, 15) is 9.59 Å². The molecule has 2 aromatic carbocycles. The maximum absolute atomic E-state index is 12.2. The Morgan fingerprint density at radius 1 is 0.960 bits per heavy atom. The first-order chi connectivity index (χ1) is 11.9. The summed E-state index contributed by atoms with van der Waals surface area (Å²) in [5, 5.41) is 8.79. The zero-order chi connectivity index (χ0) is 18.4. The molecule has 2 rings (SSSR count). The van der Waals surface area contributed by atoms with Crippen LogP contribution in [0.5, 0.6) is 0 Å². The van der Waals surface area contributed by atoms with E-state index in [4.69, 9.17) is 0 Å². The fraction of sp³-hybridized carbons (Fsp3) is 0.300. The Kier molecular flexibility index (Phi) is 6.17. The first-order valence-corrected chi connectivity index (χ1v) is 8.37. The molecule has 0 aliphatic carbocycles. The number of hydrogen-bond acceptors (Lipinski definition) is 3. The van der Waals surface area contributed by atoms with Crippen molar-refractivity contribution in [2.45, 2.75) is 33.6 Å². The van der Waals surface area contributed by atoms with Gasteiger partial charge in [-0.05, 0) is 48.2 Å². The van der Waals surface area contributed by atoms with Gasteiger partial charge < -0.3 is 16.0 Å². The maximum Gasteiger partial charge on any atom is 0.243 e. The molecule has 2 amide bonds. The summed E-state index contributed by atoms with van der Waals surface area (Å²) in [7, 11) is 0. The Hall–Kier alpha value is -2.82. The van der Waals surface area contributed by atoms with Crippen molar-refractivity contribution in [3.05, 3.63) is 53.6 Å². The van der Waals surface area contributed by atoms with Crippen molar-refractivity contribution in [2.24, 2.45) is 0 Å². The number of benzene rings is 2. The highest BCUT2D eigenvalue weighted by Crippen LogP contribution is 2.27. The Morgan fingerprint density at radius 3 is 2.12 bits per heavy atom. The fourth-order valence-electron chi connectivity index (χ4n) is 2.63. The first kappa shape index (κ1) is 18.5. The van der Waals surface area contributed by atoms with Crippen LogP contribution in [0.3, 0.4) is 0 Å². The SMILES string of the molecule is CC(=O)Nc1ccc(NC(=O)CNc2c(C)cccc2C(C)C)cc1. The number of nitrogens with one attached hydrogen (secondary N) is 3. The number of hydrogen-bond donors (Lipinski definition) is 3. The number of carbonyl (C=O) groups excluding carboxylic acids is 2. The van der Waals surface area contributed by atoms with Crippen LogP contribution in [0, 0.1) is 6.92 Å². The lowest BCUT2D eigenvalue weighted by Gasteiger charge is -2.17. The Morgan fingerprint density at radius 2 is 1.56 bits per heavy atom. The van der Waals surface area contributed by atoms with E-state index in [2.05, 4.69) is 35.9 Å². The number of para-hydroxylation sites is 1. The molecule has 0 spiro atoms. The van der Waals surface area contributed by atoms with E-state index >= 15 is 0 Å². The molecule has 0 radical (unpaired) electrons. The second-order valence-electron chi connectivity index (χ2n) is 6.35. The quantitative estimate of drug-likeness (QED) is 0.741. The molecule has 0 saturated heterocycles. The molecule has 0 heterocycles. The lowest BCUT2D eigenvalue weighted by Crippen LogP contribution is -2.22. The summed E-state index contributed by atoms with van der Waals surface area (Å²) < 4.78 is 0.